The molecule has 0 aliphatic heterocycles. The minimum Gasteiger partial charge on any atom is -0.462 e. The monoisotopic (exact) mass is 552 g/mol. The van der Waals surface area contributed by atoms with Crippen molar-refractivity contribution >= 4 is 33.8 Å². The van der Waals surface area contributed by atoms with Crippen molar-refractivity contribution in [3.05, 3.63) is 108 Å². The number of rotatable bonds is 11. The van der Waals surface area contributed by atoms with E-state index >= 15 is 0 Å². The van der Waals surface area contributed by atoms with Crippen LogP contribution in [0.5, 0.6) is 0 Å². The lowest BCUT2D eigenvalue weighted by Crippen LogP contribution is -2.39. The quantitative estimate of drug-likeness (QED) is 0.161. The summed E-state index contributed by atoms with van der Waals surface area (Å²) in [5.74, 6) is -1.85. The molecule has 0 unspecified atom stereocenters. The van der Waals surface area contributed by atoms with E-state index in [4.69, 9.17) is 14.2 Å². The number of alkyl halides is 1. The maximum Gasteiger partial charge on any atom is 0.338 e. The molecule has 0 aliphatic rings. The van der Waals surface area contributed by atoms with Gasteiger partial charge in [-0.3, -0.25) is 4.79 Å². The molecule has 0 amide bonds. The van der Waals surface area contributed by atoms with E-state index in [1.54, 1.807) is 48.5 Å². The summed E-state index contributed by atoms with van der Waals surface area (Å²) in [7, 11) is 0. The lowest BCUT2D eigenvalue weighted by molar-refractivity contribution is -0.151. The molecule has 0 spiro atoms. The van der Waals surface area contributed by atoms with Crippen LogP contribution in [0.2, 0.25) is 0 Å². The van der Waals surface area contributed by atoms with E-state index in [2.05, 4.69) is 15.9 Å². The summed E-state index contributed by atoms with van der Waals surface area (Å²) in [4.78, 5) is 37.0. The van der Waals surface area contributed by atoms with E-state index in [0.29, 0.717) is 11.1 Å². The standard InChI is InChI=1S/C29H29BrO6/c1-20(27(35-21(2)31)26(30)22-12-6-3-7-13-22)25(36-29(33)24-16-10-5-11-17-24)18-19-34-28(32)23-14-8-4-9-15-23/h3-17,20,25-27H,18-19H2,1-2H3/t20-,25-,26-,27+/m0/s1. The zero-order valence-electron chi connectivity index (χ0n) is 20.2. The van der Waals surface area contributed by atoms with Gasteiger partial charge in [0.15, 0.2) is 0 Å². The van der Waals surface area contributed by atoms with Gasteiger partial charge in [0.1, 0.15) is 12.2 Å². The van der Waals surface area contributed by atoms with E-state index in [1.165, 1.54) is 6.92 Å². The second-order valence-electron chi connectivity index (χ2n) is 8.35. The second kappa shape index (κ2) is 13.6. The van der Waals surface area contributed by atoms with E-state index in [-0.39, 0.29) is 17.9 Å². The van der Waals surface area contributed by atoms with E-state index < -0.39 is 36.0 Å². The molecule has 0 saturated carbocycles. The molecule has 36 heavy (non-hydrogen) atoms. The predicted octanol–water partition coefficient (Wildman–Crippen LogP) is 6.16. The largest absolute Gasteiger partial charge is 0.462 e. The Bertz CT molecular complexity index is 1120. The van der Waals surface area contributed by atoms with Crippen LogP contribution in [0, 0.1) is 5.92 Å². The van der Waals surface area contributed by atoms with Gasteiger partial charge in [-0.15, -0.1) is 0 Å². The van der Waals surface area contributed by atoms with Crippen molar-refractivity contribution in [1.29, 1.82) is 0 Å². The van der Waals surface area contributed by atoms with Crippen molar-refractivity contribution in [2.75, 3.05) is 6.61 Å². The number of hydrogen-bond acceptors (Lipinski definition) is 6. The third kappa shape index (κ3) is 7.78. The molecular weight excluding hydrogens is 524 g/mol. The fourth-order valence-corrected chi connectivity index (χ4v) is 4.69. The normalized spacial score (nSPS) is 14.1. The van der Waals surface area contributed by atoms with Gasteiger partial charge in [-0.25, -0.2) is 9.59 Å². The van der Waals surface area contributed by atoms with Gasteiger partial charge in [-0.05, 0) is 29.8 Å². The molecule has 3 aromatic rings. The number of ether oxygens (including phenoxy) is 3. The topological polar surface area (TPSA) is 78.9 Å². The highest BCUT2D eigenvalue weighted by Crippen LogP contribution is 2.35. The minimum atomic E-state index is -0.700. The molecular formula is C29H29BrO6. The van der Waals surface area contributed by atoms with Crippen molar-refractivity contribution in [1.82, 2.24) is 0 Å². The number of hydrogen-bond donors (Lipinski definition) is 0. The van der Waals surface area contributed by atoms with Gasteiger partial charge >= 0.3 is 17.9 Å². The van der Waals surface area contributed by atoms with Gasteiger partial charge in [0.25, 0.3) is 0 Å². The van der Waals surface area contributed by atoms with Crippen molar-refractivity contribution in [2.45, 2.75) is 37.3 Å². The average molecular weight is 553 g/mol. The molecule has 188 valence electrons. The maximum atomic E-state index is 12.9. The highest BCUT2D eigenvalue weighted by atomic mass is 79.9. The van der Waals surface area contributed by atoms with Gasteiger partial charge in [-0.2, -0.15) is 0 Å². The van der Waals surface area contributed by atoms with Crippen molar-refractivity contribution < 1.29 is 28.6 Å². The van der Waals surface area contributed by atoms with Gasteiger partial charge in [-0.1, -0.05) is 89.6 Å². The van der Waals surface area contributed by atoms with Gasteiger partial charge in [0, 0.05) is 19.3 Å². The Morgan fingerprint density at radius 3 is 1.78 bits per heavy atom. The van der Waals surface area contributed by atoms with Crippen LogP contribution in [-0.2, 0) is 19.0 Å². The average Bonchev–Trinajstić information content (AvgIpc) is 2.91. The Kier molecular flexibility index (Phi) is 10.2. The Morgan fingerprint density at radius 2 is 1.25 bits per heavy atom. The lowest BCUT2D eigenvalue weighted by Gasteiger charge is -2.33. The summed E-state index contributed by atoms with van der Waals surface area (Å²) in [5.41, 5.74) is 1.75. The van der Waals surface area contributed by atoms with Crippen LogP contribution < -0.4 is 0 Å². The Labute approximate surface area is 219 Å². The number of benzene rings is 3. The fraction of sp³-hybridized carbons (Fsp3) is 0.276. The number of esters is 3. The first kappa shape index (κ1) is 27.1. The smallest absolute Gasteiger partial charge is 0.338 e. The third-order valence-corrected chi connectivity index (χ3v) is 6.78. The maximum absolute atomic E-state index is 12.9. The van der Waals surface area contributed by atoms with Crippen molar-refractivity contribution in [3.8, 4) is 0 Å². The van der Waals surface area contributed by atoms with E-state index in [9.17, 15) is 14.4 Å². The molecule has 0 N–H and O–H groups in total. The fourth-order valence-electron chi connectivity index (χ4n) is 3.80. The lowest BCUT2D eigenvalue weighted by atomic mass is 9.91. The van der Waals surface area contributed by atoms with E-state index in [1.807, 2.05) is 49.4 Å². The minimum absolute atomic E-state index is 0.0237. The summed E-state index contributed by atoms with van der Waals surface area (Å²) in [6.07, 6.45) is -1.12. The summed E-state index contributed by atoms with van der Waals surface area (Å²) >= 11 is 3.68. The van der Waals surface area contributed by atoms with Crippen LogP contribution in [0.15, 0.2) is 91.0 Å². The number of halogens is 1. The number of carbonyl (C=O) groups is 3. The SMILES string of the molecule is CC(=O)O[C@H]([C@@H](C)[C@H](CCOC(=O)c1ccccc1)OC(=O)c1ccccc1)[C@@H](Br)c1ccccc1. The molecule has 4 atom stereocenters. The van der Waals surface area contributed by atoms with Gasteiger partial charge in [0.2, 0.25) is 0 Å². The molecule has 3 rings (SSSR count). The predicted molar refractivity (Wildman–Crippen MR) is 140 cm³/mol. The number of carbonyl (C=O) groups excluding carboxylic acids is 3. The highest BCUT2D eigenvalue weighted by molar-refractivity contribution is 9.09. The molecule has 0 aromatic heterocycles. The Morgan fingerprint density at radius 1 is 0.750 bits per heavy atom. The molecule has 0 radical (unpaired) electrons. The zero-order chi connectivity index (χ0) is 25.9. The van der Waals surface area contributed by atoms with Gasteiger partial charge in [0.05, 0.1) is 22.6 Å². The summed E-state index contributed by atoms with van der Waals surface area (Å²) in [5, 5.41) is 0. The highest BCUT2D eigenvalue weighted by Gasteiger charge is 2.36. The van der Waals surface area contributed by atoms with Crippen LogP contribution in [-0.4, -0.2) is 36.7 Å². The molecule has 0 aliphatic carbocycles. The Hall–Kier alpha value is -3.45. The molecule has 3 aromatic carbocycles. The van der Waals surface area contributed by atoms with E-state index in [0.717, 1.165) is 5.56 Å². The second-order valence-corrected chi connectivity index (χ2v) is 9.33. The zero-order valence-corrected chi connectivity index (χ0v) is 21.8. The van der Waals surface area contributed by atoms with Crippen LogP contribution in [0.1, 0.15) is 51.4 Å². The molecule has 0 bridgehead atoms. The van der Waals surface area contributed by atoms with Gasteiger partial charge < -0.3 is 14.2 Å². The summed E-state index contributed by atoms with van der Waals surface area (Å²) in [6.45, 7) is 3.22. The molecule has 0 saturated heterocycles. The van der Waals surface area contributed by atoms with Crippen LogP contribution in [0.4, 0.5) is 0 Å². The Balaban J connectivity index is 1.80. The first-order valence-electron chi connectivity index (χ1n) is 11.7. The first-order chi connectivity index (χ1) is 17.4. The molecule has 7 heteroatoms. The summed E-state index contributed by atoms with van der Waals surface area (Å²) < 4.78 is 17.1. The molecule has 6 nitrogen and oxygen atoms in total. The van der Waals surface area contributed by atoms with Crippen molar-refractivity contribution in [3.63, 3.8) is 0 Å². The summed E-state index contributed by atoms with van der Waals surface area (Å²) in [6, 6.07) is 26.9. The molecule has 0 heterocycles. The third-order valence-electron chi connectivity index (χ3n) is 5.73. The van der Waals surface area contributed by atoms with Crippen LogP contribution >= 0.6 is 15.9 Å². The van der Waals surface area contributed by atoms with Crippen LogP contribution in [0.3, 0.4) is 0 Å². The van der Waals surface area contributed by atoms with Crippen molar-refractivity contribution in [2.24, 2.45) is 5.92 Å². The van der Waals surface area contributed by atoms with Crippen LogP contribution in [0.25, 0.3) is 0 Å². The first-order valence-corrected chi connectivity index (χ1v) is 12.6. The molecule has 0 fully saturated rings.